The largest absolute Gasteiger partial charge is 0.508 e. The summed E-state index contributed by atoms with van der Waals surface area (Å²) in [6, 6.07) is 14.1. The fourth-order valence-electron chi connectivity index (χ4n) is 4.93. The van der Waals surface area contributed by atoms with Crippen LogP contribution in [0.5, 0.6) is 5.75 Å². The van der Waals surface area contributed by atoms with E-state index in [9.17, 15) is 9.50 Å². The molecule has 0 atom stereocenters. The van der Waals surface area contributed by atoms with E-state index in [-0.39, 0.29) is 5.82 Å². The Hall–Kier alpha value is -2.90. The molecular formula is C28H38FN5O. The number of aromatic hydroxyl groups is 1. The van der Waals surface area contributed by atoms with Crippen molar-refractivity contribution in [1.82, 2.24) is 19.6 Å². The topological polar surface area (TPSA) is 47.8 Å². The van der Waals surface area contributed by atoms with Crippen LogP contribution in [0.2, 0.25) is 0 Å². The fourth-order valence-corrected chi connectivity index (χ4v) is 4.93. The second-order valence-electron chi connectivity index (χ2n) is 9.93. The molecule has 4 rings (SSSR count). The molecule has 0 radical (unpaired) electrons. The lowest BCUT2D eigenvalue weighted by atomic mass is 10.1. The van der Waals surface area contributed by atoms with Gasteiger partial charge in [-0.05, 0) is 61.3 Å². The first-order valence-electron chi connectivity index (χ1n) is 12.7. The van der Waals surface area contributed by atoms with Crippen LogP contribution in [0.25, 0.3) is 5.69 Å². The Labute approximate surface area is 208 Å². The van der Waals surface area contributed by atoms with E-state index >= 15 is 0 Å². The molecule has 0 bridgehead atoms. The van der Waals surface area contributed by atoms with Crippen LogP contribution in [0.15, 0.2) is 48.5 Å². The molecule has 2 aromatic carbocycles. The van der Waals surface area contributed by atoms with E-state index < -0.39 is 0 Å². The first kappa shape index (κ1) is 25.2. The third-order valence-electron chi connectivity index (χ3n) is 6.67. The number of phenolic OH excluding ortho intramolecular Hbond substituents is 1. The molecule has 1 N–H and O–H groups in total. The SMILES string of the molecule is CCN1CCN(c2c(CN(Cc3cccc(O)c3)CC(C)C)c(C)nn2-c2ccc(F)cc2)CC1. The van der Waals surface area contributed by atoms with E-state index in [0.717, 1.165) is 75.1 Å². The van der Waals surface area contributed by atoms with Gasteiger partial charge in [0, 0.05) is 51.4 Å². The molecule has 0 unspecified atom stereocenters. The van der Waals surface area contributed by atoms with Crippen molar-refractivity contribution in [3.05, 3.63) is 71.2 Å². The zero-order chi connectivity index (χ0) is 24.9. The molecule has 2 heterocycles. The number of hydrogen-bond donors (Lipinski definition) is 1. The maximum atomic E-state index is 13.7. The summed E-state index contributed by atoms with van der Waals surface area (Å²) in [7, 11) is 0. The summed E-state index contributed by atoms with van der Waals surface area (Å²) in [5, 5.41) is 14.9. The van der Waals surface area contributed by atoms with E-state index in [2.05, 4.69) is 48.5 Å². The minimum Gasteiger partial charge on any atom is -0.508 e. The van der Waals surface area contributed by atoms with E-state index in [1.54, 1.807) is 18.2 Å². The van der Waals surface area contributed by atoms with Crippen LogP contribution in [-0.2, 0) is 13.1 Å². The first-order chi connectivity index (χ1) is 16.8. The van der Waals surface area contributed by atoms with Crippen LogP contribution in [0.1, 0.15) is 37.6 Å². The molecule has 6 nitrogen and oxygen atoms in total. The molecule has 35 heavy (non-hydrogen) atoms. The van der Waals surface area contributed by atoms with Gasteiger partial charge in [0.05, 0.1) is 11.4 Å². The van der Waals surface area contributed by atoms with Crippen molar-refractivity contribution in [3.8, 4) is 11.4 Å². The smallest absolute Gasteiger partial charge is 0.137 e. The standard InChI is InChI=1S/C28H38FN5O/c1-5-31-13-15-33(16-14-31)28-27(22(4)30-34(28)25-11-9-24(29)10-12-25)20-32(18-21(2)3)19-23-7-6-8-26(35)17-23/h6-12,17,21,35H,5,13-16,18-20H2,1-4H3. The predicted octanol–water partition coefficient (Wildman–Crippen LogP) is 4.83. The number of anilines is 1. The molecule has 1 aliphatic rings. The second-order valence-corrected chi connectivity index (χ2v) is 9.93. The maximum Gasteiger partial charge on any atom is 0.137 e. The van der Waals surface area contributed by atoms with Crippen molar-refractivity contribution in [3.63, 3.8) is 0 Å². The van der Waals surface area contributed by atoms with Crippen molar-refractivity contribution in [1.29, 1.82) is 0 Å². The van der Waals surface area contributed by atoms with Crippen LogP contribution in [-0.4, -0.2) is 64.0 Å². The molecule has 1 aromatic heterocycles. The van der Waals surface area contributed by atoms with Gasteiger partial charge in [-0.25, -0.2) is 9.07 Å². The summed E-state index contributed by atoms with van der Waals surface area (Å²) >= 11 is 0. The van der Waals surface area contributed by atoms with Gasteiger partial charge in [0.25, 0.3) is 0 Å². The van der Waals surface area contributed by atoms with Gasteiger partial charge in [-0.2, -0.15) is 5.10 Å². The zero-order valence-corrected chi connectivity index (χ0v) is 21.4. The minimum atomic E-state index is -0.245. The van der Waals surface area contributed by atoms with E-state index in [1.165, 1.54) is 17.7 Å². The van der Waals surface area contributed by atoms with Crippen molar-refractivity contribution in [2.24, 2.45) is 5.92 Å². The number of rotatable bonds is 9. The molecule has 188 valence electrons. The highest BCUT2D eigenvalue weighted by Crippen LogP contribution is 2.30. The number of piperazine rings is 1. The summed E-state index contributed by atoms with van der Waals surface area (Å²) in [6.45, 7) is 16.1. The summed E-state index contributed by atoms with van der Waals surface area (Å²) in [4.78, 5) is 7.34. The second kappa shape index (κ2) is 11.2. The molecule has 7 heteroatoms. The van der Waals surface area contributed by atoms with Gasteiger partial charge in [-0.15, -0.1) is 0 Å². The Balaban J connectivity index is 1.70. The summed E-state index contributed by atoms with van der Waals surface area (Å²) < 4.78 is 15.7. The predicted molar refractivity (Wildman–Crippen MR) is 140 cm³/mol. The van der Waals surface area contributed by atoms with Crippen molar-refractivity contribution in [2.75, 3.05) is 44.2 Å². The van der Waals surface area contributed by atoms with E-state index in [4.69, 9.17) is 5.10 Å². The average molecular weight is 480 g/mol. The molecule has 1 saturated heterocycles. The van der Waals surface area contributed by atoms with Gasteiger partial charge in [0.2, 0.25) is 0 Å². The molecule has 0 spiro atoms. The van der Waals surface area contributed by atoms with Gasteiger partial charge in [-0.1, -0.05) is 32.9 Å². The van der Waals surface area contributed by atoms with Crippen molar-refractivity contribution in [2.45, 2.75) is 40.8 Å². The number of hydrogen-bond acceptors (Lipinski definition) is 5. The van der Waals surface area contributed by atoms with E-state index in [1.807, 2.05) is 16.8 Å². The monoisotopic (exact) mass is 479 g/mol. The van der Waals surface area contributed by atoms with Crippen molar-refractivity contribution < 1.29 is 9.50 Å². The minimum absolute atomic E-state index is 0.245. The molecule has 1 aliphatic heterocycles. The lowest BCUT2D eigenvalue weighted by molar-refractivity contribution is 0.226. The number of aromatic nitrogens is 2. The van der Waals surface area contributed by atoms with Gasteiger partial charge in [-0.3, -0.25) is 4.90 Å². The van der Waals surface area contributed by atoms with Crippen LogP contribution >= 0.6 is 0 Å². The highest BCUT2D eigenvalue weighted by Gasteiger charge is 2.26. The van der Waals surface area contributed by atoms with Crippen LogP contribution in [0, 0.1) is 18.7 Å². The molecule has 0 aliphatic carbocycles. The molecule has 0 saturated carbocycles. The summed E-state index contributed by atoms with van der Waals surface area (Å²) in [5.41, 5.74) is 4.16. The highest BCUT2D eigenvalue weighted by molar-refractivity contribution is 5.56. The Bertz CT molecular complexity index is 1100. The van der Waals surface area contributed by atoms with Gasteiger partial charge >= 0.3 is 0 Å². The normalized spacial score (nSPS) is 14.9. The zero-order valence-electron chi connectivity index (χ0n) is 21.4. The lowest BCUT2D eigenvalue weighted by Gasteiger charge is -2.36. The van der Waals surface area contributed by atoms with Gasteiger partial charge < -0.3 is 14.9 Å². The molecule has 1 fully saturated rings. The molecular weight excluding hydrogens is 441 g/mol. The number of halogens is 1. The molecule has 3 aromatic rings. The Morgan fingerprint density at radius 2 is 1.74 bits per heavy atom. The number of aryl methyl sites for hydroxylation is 1. The third-order valence-corrected chi connectivity index (χ3v) is 6.67. The maximum absolute atomic E-state index is 13.7. The lowest BCUT2D eigenvalue weighted by Crippen LogP contribution is -2.47. The van der Waals surface area contributed by atoms with Crippen LogP contribution in [0.4, 0.5) is 10.2 Å². The Morgan fingerprint density at radius 3 is 2.37 bits per heavy atom. The average Bonchev–Trinajstić information content (AvgIpc) is 3.15. The van der Waals surface area contributed by atoms with Gasteiger partial charge in [0.15, 0.2) is 0 Å². The highest BCUT2D eigenvalue weighted by atomic mass is 19.1. The van der Waals surface area contributed by atoms with Crippen LogP contribution < -0.4 is 4.90 Å². The first-order valence-corrected chi connectivity index (χ1v) is 12.7. The Morgan fingerprint density at radius 1 is 1.03 bits per heavy atom. The summed E-state index contributed by atoms with van der Waals surface area (Å²) in [5.74, 6) is 1.65. The number of nitrogens with zero attached hydrogens (tertiary/aromatic N) is 5. The van der Waals surface area contributed by atoms with Crippen LogP contribution in [0.3, 0.4) is 0 Å². The number of phenols is 1. The third kappa shape index (κ3) is 6.21. The summed E-state index contributed by atoms with van der Waals surface area (Å²) in [6.07, 6.45) is 0. The molecule has 0 amide bonds. The van der Waals surface area contributed by atoms with E-state index in [0.29, 0.717) is 11.7 Å². The number of benzene rings is 2. The fraction of sp³-hybridized carbons (Fsp3) is 0.464. The van der Waals surface area contributed by atoms with Crippen molar-refractivity contribution >= 4 is 5.82 Å². The van der Waals surface area contributed by atoms with Gasteiger partial charge in [0.1, 0.15) is 17.4 Å². The number of likely N-dealkylation sites (N-methyl/N-ethyl adjacent to an activating group) is 1. The Kier molecular flexibility index (Phi) is 8.08. The quantitative estimate of drug-likeness (QED) is 0.477.